The first-order chi connectivity index (χ1) is 9.91. The standard InChI is InChI=1S/C13H12N4O4/c1-6-7(2)16-17-12(19)9(6)11(18)15-10-8(13(20)21)4-3-5-14-10/h3-5H,1-2H3,(H,17,19)(H,20,21)(H,14,15,18). The van der Waals surface area contributed by atoms with E-state index >= 15 is 0 Å². The van der Waals surface area contributed by atoms with Gasteiger partial charge in [0.05, 0.1) is 5.69 Å². The van der Waals surface area contributed by atoms with Crippen LogP contribution in [0.4, 0.5) is 5.82 Å². The number of amides is 1. The minimum atomic E-state index is -1.23. The molecule has 8 nitrogen and oxygen atoms in total. The van der Waals surface area contributed by atoms with E-state index in [9.17, 15) is 14.4 Å². The third-order valence-electron chi connectivity index (χ3n) is 2.97. The second kappa shape index (κ2) is 5.53. The number of carboxylic acid groups (broad SMARTS) is 1. The second-order valence-corrected chi connectivity index (χ2v) is 4.30. The molecule has 0 fully saturated rings. The van der Waals surface area contributed by atoms with Crippen molar-refractivity contribution in [2.75, 3.05) is 5.32 Å². The fourth-order valence-electron chi connectivity index (χ4n) is 1.75. The molecule has 0 atom stereocenters. The lowest BCUT2D eigenvalue weighted by Crippen LogP contribution is -2.27. The van der Waals surface area contributed by atoms with Crippen molar-refractivity contribution in [2.45, 2.75) is 13.8 Å². The summed E-state index contributed by atoms with van der Waals surface area (Å²) in [7, 11) is 0. The quantitative estimate of drug-likeness (QED) is 0.764. The van der Waals surface area contributed by atoms with Crippen molar-refractivity contribution in [1.29, 1.82) is 0 Å². The zero-order valence-electron chi connectivity index (χ0n) is 11.3. The number of hydrogen-bond acceptors (Lipinski definition) is 5. The Morgan fingerprint density at radius 3 is 2.71 bits per heavy atom. The fourth-order valence-corrected chi connectivity index (χ4v) is 1.75. The van der Waals surface area contributed by atoms with Crippen molar-refractivity contribution in [2.24, 2.45) is 0 Å². The number of rotatable bonds is 3. The number of pyridine rings is 1. The van der Waals surface area contributed by atoms with Crippen molar-refractivity contribution in [3.8, 4) is 0 Å². The maximum absolute atomic E-state index is 12.2. The van der Waals surface area contributed by atoms with Crippen LogP contribution in [0.15, 0.2) is 23.1 Å². The molecule has 0 unspecified atom stereocenters. The van der Waals surface area contributed by atoms with Crippen LogP contribution < -0.4 is 10.9 Å². The topological polar surface area (TPSA) is 125 Å². The number of aromatic carboxylic acids is 1. The molecule has 2 aromatic heterocycles. The van der Waals surface area contributed by atoms with Crippen LogP contribution in [0.25, 0.3) is 0 Å². The van der Waals surface area contributed by atoms with E-state index in [1.54, 1.807) is 13.8 Å². The number of aryl methyl sites for hydroxylation is 1. The Morgan fingerprint density at radius 1 is 1.33 bits per heavy atom. The predicted octanol–water partition coefficient (Wildman–Crippen LogP) is 0.732. The molecule has 0 aliphatic rings. The van der Waals surface area contributed by atoms with E-state index < -0.39 is 17.4 Å². The molecule has 0 saturated heterocycles. The van der Waals surface area contributed by atoms with Gasteiger partial charge in [0.2, 0.25) is 0 Å². The number of nitrogens with zero attached hydrogens (tertiary/aromatic N) is 2. The molecule has 2 aromatic rings. The van der Waals surface area contributed by atoms with Crippen LogP contribution in [-0.2, 0) is 0 Å². The van der Waals surface area contributed by atoms with Gasteiger partial charge < -0.3 is 10.4 Å². The molecule has 21 heavy (non-hydrogen) atoms. The molecule has 2 rings (SSSR count). The molecule has 1 amide bonds. The Hall–Kier alpha value is -3.03. The summed E-state index contributed by atoms with van der Waals surface area (Å²) in [5, 5.41) is 17.3. The lowest BCUT2D eigenvalue weighted by molar-refractivity contribution is 0.0697. The largest absolute Gasteiger partial charge is 0.478 e. The van der Waals surface area contributed by atoms with E-state index in [4.69, 9.17) is 5.11 Å². The molecule has 0 aliphatic carbocycles. The Bertz CT molecular complexity index is 782. The molecular weight excluding hydrogens is 276 g/mol. The van der Waals surface area contributed by atoms with Crippen molar-refractivity contribution >= 4 is 17.7 Å². The Kier molecular flexibility index (Phi) is 3.79. The van der Waals surface area contributed by atoms with E-state index in [-0.39, 0.29) is 16.9 Å². The highest BCUT2D eigenvalue weighted by atomic mass is 16.4. The minimum absolute atomic E-state index is 0.121. The zero-order chi connectivity index (χ0) is 15.6. The van der Waals surface area contributed by atoms with Gasteiger partial charge in [-0.3, -0.25) is 9.59 Å². The number of anilines is 1. The van der Waals surface area contributed by atoms with Crippen LogP contribution in [0.2, 0.25) is 0 Å². The van der Waals surface area contributed by atoms with Gasteiger partial charge in [-0.1, -0.05) is 0 Å². The van der Waals surface area contributed by atoms with Gasteiger partial charge >= 0.3 is 5.97 Å². The maximum Gasteiger partial charge on any atom is 0.339 e. The summed E-state index contributed by atoms with van der Waals surface area (Å²) in [6, 6.07) is 2.74. The monoisotopic (exact) mass is 288 g/mol. The first kappa shape index (κ1) is 14.4. The van der Waals surface area contributed by atoms with Gasteiger partial charge in [-0.05, 0) is 31.5 Å². The van der Waals surface area contributed by atoms with Crippen LogP contribution in [0, 0.1) is 13.8 Å². The van der Waals surface area contributed by atoms with Gasteiger partial charge in [-0.25, -0.2) is 14.9 Å². The summed E-state index contributed by atoms with van der Waals surface area (Å²) in [4.78, 5) is 38.8. The van der Waals surface area contributed by atoms with Gasteiger partial charge in [-0.2, -0.15) is 5.10 Å². The molecule has 0 aliphatic heterocycles. The highest BCUT2D eigenvalue weighted by Crippen LogP contribution is 2.13. The Balaban J connectivity index is 2.43. The summed E-state index contributed by atoms with van der Waals surface area (Å²) in [6.45, 7) is 3.23. The van der Waals surface area contributed by atoms with Gasteiger partial charge in [0.25, 0.3) is 11.5 Å². The fraction of sp³-hybridized carbons (Fsp3) is 0.154. The molecule has 0 saturated carbocycles. The van der Waals surface area contributed by atoms with Crippen molar-refractivity contribution in [1.82, 2.24) is 15.2 Å². The van der Waals surface area contributed by atoms with Crippen LogP contribution in [-0.4, -0.2) is 32.2 Å². The van der Waals surface area contributed by atoms with Crippen LogP contribution in [0.5, 0.6) is 0 Å². The number of aromatic nitrogens is 3. The van der Waals surface area contributed by atoms with Crippen LogP contribution in [0.1, 0.15) is 32.0 Å². The number of carboxylic acids is 1. The SMILES string of the molecule is Cc1n[nH]c(=O)c(C(=O)Nc2ncccc2C(=O)O)c1C. The van der Waals surface area contributed by atoms with Crippen LogP contribution >= 0.6 is 0 Å². The third kappa shape index (κ3) is 2.78. The van der Waals surface area contributed by atoms with Crippen molar-refractivity contribution in [3.05, 3.63) is 51.1 Å². The second-order valence-electron chi connectivity index (χ2n) is 4.30. The Labute approximate surface area is 118 Å². The molecule has 0 radical (unpaired) electrons. The molecule has 108 valence electrons. The van der Waals surface area contributed by atoms with E-state index in [0.717, 1.165) is 0 Å². The molecular formula is C13H12N4O4. The summed E-state index contributed by atoms with van der Waals surface area (Å²) in [5.41, 5.74) is -0.0121. The van der Waals surface area contributed by atoms with E-state index in [1.807, 2.05) is 0 Å². The van der Waals surface area contributed by atoms with Crippen molar-refractivity contribution < 1.29 is 14.7 Å². The van der Waals surface area contributed by atoms with Gasteiger partial charge in [0.15, 0.2) is 0 Å². The summed E-state index contributed by atoms with van der Waals surface area (Å²) in [5.74, 6) is -2.08. The van der Waals surface area contributed by atoms with Crippen LogP contribution in [0.3, 0.4) is 0 Å². The normalized spacial score (nSPS) is 10.2. The smallest absolute Gasteiger partial charge is 0.339 e. The molecule has 3 N–H and O–H groups in total. The average Bonchev–Trinajstić information content (AvgIpc) is 2.43. The average molecular weight is 288 g/mol. The molecule has 0 bridgehead atoms. The number of nitrogens with one attached hydrogen (secondary N) is 2. The summed E-state index contributed by atoms with van der Waals surface area (Å²) < 4.78 is 0. The van der Waals surface area contributed by atoms with Gasteiger partial charge in [0.1, 0.15) is 16.9 Å². The molecule has 0 spiro atoms. The zero-order valence-corrected chi connectivity index (χ0v) is 11.3. The van der Waals surface area contributed by atoms with Crippen molar-refractivity contribution in [3.63, 3.8) is 0 Å². The van der Waals surface area contributed by atoms with E-state index in [2.05, 4.69) is 20.5 Å². The van der Waals surface area contributed by atoms with Gasteiger partial charge in [0, 0.05) is 6.20 Å². The summed E-state index contributed by atoms with van der Waals surface area (Å²) >= 11 is 0. The first-order valence-corrected chi connectivity index (χ1v) is 5.97. The third-order valence-corrected chi connectivity index (χ3v) is 2.97. The Morgan fingerprint density at radius 2 is 2.05 bits per heavy atom. The lowest BCUT2D eigenvalue weighted by Gasteiger charge is -2.09. The highest BCUT2D eigenvalue weighted by Gasteiger charge is 2.19. The number of hydrogen-bond donors (Lipinski definition) is 3. The lowest BCUT2D eigenvalue weighted by atomic mass is 10.1. The number of aromatic amines is 1. The maximum atomic E-state index is 12.2. The number of carbonyl (C=O) groups excluding carboxylic acids is 1. The number of H-pyrrole nitrogens is 1. The van der Waals surface area contributed by atoms with E-state index in [0.29, 0.717) is 11.3 Å². The number of carbonyl (C=O) groups is 2. The molecule has 0 aromatic carbocycles. The molecule has 2 heterocycles. The highest BCUT2D eigenvalue weighted by molar-refractivity contribution is 6.07. The minimum Gasteiger partial charge on any atom is -0.478 e. The van der Waals surface area contributed by atoms with Gasteiger partial charge in [-0.15, -0.1) is 0 Å². The first-order valence-electron chi connectivity index (χ1n) is 5.97. The summed E-state index contributed by atoms with van der Waals surface area (Å²) in [6.07, 6.45) is 1.34. The molecule has 8 heteroatoms. The predicted molar refractivity (Wildman–Crippen MR) is 73.5 cm³/mol. The van der Waals surface area contributed by atoms with E-state index in [1.165, 1.54) is 18.3 Å².